The van der Waals surface area contributed by atoms with Crippen LogP contribution in [0.1, 0.15) is 24.2 Å². The molecule has 0 atom stereocenters. The maximum absolute atomic E-state index is 11.7. The Labute approximate surface area is 118 Å². The molecule has 0 radical (unpaired) electrons. The van der Waals surface area contributed by atoms with Crippen LogP contribution in [0.4, 0.5) is 11.4 Å². The molecule has 0 spiro atoms. The summed E-state index contributed by atoms with van der Waals surface area (Å²) in [6.45, 7) is 8.18. The lowest BCUT2D eigenvalue weighted by atomic mass is 10.1. The molecule has 20 heavy (non-hydrogen) atoms. The first-order chi connectivity index (χ1) is 9.52. The van der Waals surface area contributed by atoms with Gasteiger partial charge in [-0.25, -0.2) is 0 Å². The van der Waals surface area contributed by atoms with Crippen LogP contribution in [0.3, 0.4) is 0 Å². The van der Waals surface area contributed by atoms with E-state index in [1.54, 1.807) is 6.07 Å². The van der Waals surface area contributed by atoms with E-state index in [0.29, 0.717) is 5.56 Å². The number of carbonyl (C=O) groups is 1. The van der Waals surface area contributed by atoms with E-state index >= 15 is 0 Å². The molecule has 108 valence electrons. The van der Waals surface area contributed by atoms with Gasteiger partial charge in [0.1, 0.15) is 0 Å². The number of anilines is 1. The Kier molecular flexibility index (Phi) is 4.34. The lowest BCUT2D eigenvalue weighted by molar-refractivity contribution is -0.384. The van der Waals surface area contributed by atoms with Crippen LogP contribution >= 0.6 is 0 Å². The fourth-order valence-corrected chi connectivity index (χ4v) is 2.50. The standard InChI is InChI=1S/C14H19N3O3/c1-3-15-6-8-16(9-7-15)14-5-4-12(17(19)20)10-13(14)11(2)18/h4-5,10H,3,6-9H2,1-2H3. The predicted octanol–water partition coefficient (Wildman–Crippen LogP) is 1.94. The highest BCUT2D eigenvalue weighted by Gasteiger charge is 2.21. The third-order valence-electron chi connectivity index (χ3n) is 3.73. The normalized spacial score (nSPS) is 16.2. The SMILES string of the molecule is CCN1CCN(c2ccc([N+](=O)[O-])cc2C(C)=O)CC1. The summed E-state index contributed by atoms with van der Waals surface area (Å²) in [4.78, 5) is 26.6. The summed E-state index contributed by atoms with van der Waals surface area (Å²) >= 11 is 0. The quantitative estimate of drug-likeness (QED) is 0.478. The van der Waals surface area contributed by atoms with Gasteiger partial charge >= 0.3 is 0 Å². The Morgan fingerprint density at radius 3 is 2.45 bits per heavy atom. The van der Waals surface area contributed by atoms with Crippen molar-refractivity contribution < 1.29 is 9.72 Å². The molecule has 1 aromatic rings. The number of nitro benzene ring substituents is 1. The highest BCUT2D eigenvalue weighted by Crippen LogP contribution is 2.26. The number of likely N-dealkylation sites (N-methyl/N-ethyl adjacent to an activating group) is 1. The van der Waals surface area contributed by atoms with E-state index in [9.17, 15) is 14.9 Å². The van der Waals surface area contributed by atoms with Crippen molar-refractivity contribution in [3.8, 4) is 0 Å². The molecule has 2 rings (SSSR count). The zero-order valence-electron chi connectivity index (χ0n) is 11.8. The van der Waals surface area contributed by atoms with E-state index in [4.69, 9.17) is 0 Å². The van der Waals surface area contributed by atoms with Gasteiger partial charge in [0.25, 0.3) is 5.69 Å². The van der Waals surface area contributed by atoms with E-state index < -0.39 is 4.92 Å². The summed E-state index contributed by atoms with van der Waals surface area (Å²) in [5.74, 6) is -0.137. The van der Waals surface area contributed by atoms with E-state index in [-0.39, 0.29) is 11.5 Å². The Morgan fingerprint density at radius 2 is 1.95 bits per heavy atom. The molecule has 0 N–H and O–H groups in total. The second kappa shape index (κ2) is 6.00. The zero-order valence-corrected chi connectivity index (χ0v) is 11.8. The number of piperazine rings is 1. The van der Waals surface area contributed by atoms with Crippen molar-refractivity contribution in [1.82, 2.24) is 4.90 Å². The Bertz CT molecular complexity index is 522. The molecule has 0 amide bonds. The molecule has 0 aliphatic carbocycles. The number of nitrogens with zero attached hydrogens (tertiary/aromatic N) is 3. The molecule has 0 saturated carbocycles. The number of hydrogen-bond acceptors (Lipinski definition) is 5. The first-order valence-electron chi connectivity index (χ1n) is 6.79. The van der Waals surface area contributed by atoms with Gasteiger partial charge in [-0.3, -0.25) is 14.9 Å². The minimum atomic E-state index is -0.467. The third kappa shape index (κ3) is 2.96. The lowest BCUT2D eigenvalue weighted by Crippen LogP contribution is -2.46. The van der Waals surface area contributed by atoms with Crippen molar-refractivity contribution in [3.05, 3.63) is 33.9 Å². The fourth-order valence-electron chi connectivity index (χ4n) is 2.50. The molecule has 6 nitrogen and oxygen atoms in total. The average molecular weight is 277 g/mol. The summed E-state index contributed by atoms with van der Waals surface area (Å²) in [7, 11) is 0. The van der Waals surface area contributed by atoms with Gasteiger partial charge in [-0.05, 0) is 19.5 Å². The topological polar surface area (TPSA) is 66.7 Å². The van der Waals surface area contributed by atoms with Crippen molar-refractivity contribution >= 4 is 17.2 Å². The van der Waals surface area contributed by atoms with Crippen LogP contribution < -0.4 is 4.90 Å². The Balaban J connectivity index is 2.27. The molecular weight excluding hydrogens is 258 g/mol. The molecule has 1 aliphatic heterocycles. The second-order valence-electron chi connectivity index (χ2n) is 4.94. The molecule has 1 saturated heterocycles. The number of non-ortho nitro benzene ring substituents is 1. The number of Topliss-reactive ketones (excluding diaryl/α,β-unsaturated/α-hetero) is 1. The summed E-state index contributed by atoms with van der Waals surface area (Å²) < 4.78 is 0. The minimum Gasteiger partial charge on any atom is -0.368 e. The molecule has 1 aliphatic rings. The minimum absolute atomic E-state index is 0.0360. The number of hydrogen-bond donors (Lipinski definition) is 0. The van der Waals surface area contributed by atoms with Crippen LogP contribution in [0.15, 0.2) is 18.2 Å². The van der Waals surface area contributed by atoms with Gasteiger partial charge in [0.2, 0.25) is 0 Å². The van der Waals surface area contributed by atoms with Gasteiger partial charge in [-0.1, -0.05) is 6.92 Å². The Hall–Kier alpha value is -1.95. The van der Waals surface area contributed by atoms with E-state index in [1.807, 2.05) is 0 Å². The van der Waals surface area contributed by atoms with E-state index in [0.717, 1.165) is 38.4 Å². The van der Waals surface area contributed by atoms with Crippen LogP contribution in [0.5, 0.6) is 0 Å². The summed E-state index contributed by atoms with van der Waals surface area (Å²) in [5.41, 5.74) is 1.20. The number of carbonyl (C=O) groups excluding carboxylic acids is 1. The van der Waals surface area contributed by atoms with Crippen LogP contribution in [0.2, 0.25) is 0 Å². The van der Waals surface area contributed by atoms with Gasteiger partial charge in [0, 0.05) is 49.6 Å². The fraction of sp³-hybridized carbons (Fsp3) is 0.500. The van der Waals surface area contributed by atoms with Gasteiger partial charge in [0.15, 0.2) is 5.78 Å². The van der Waals surface area contributed by atoms with Gasteiger partial charge in [-0.15, -0.1) is 0 Å². The van der Waals surface area contributed by atoms with Gasteiger partial charge < -0.3 is 9.80 Å². The summed E-state index contributed by atoms with van der Waals surface area (Å²) in [6, 6.07) is 4.54. The molecule has 0 unspecified atom stereocenters. The number of nitro groups is 1. The number of rotatable bonds is 4. The summed E-state index contributed by atoms with van der Waals surface area (Å²) in [5, 5.41) is 10.8. The smallest absolute Gasteiger partial charge is 0.270 e. The average Bonchev–Trinajstić information content (AvgIpc) is 2.46. The molecule has 1 heterocycles. The molecule has 1 fully saturated rings. The highest BCUT2D eigenvalue weighted by molar-refractivity contribution is 6.00. The van der Waals surface area contributed by atoms with Crippen molar-refractivity contribution in [3.63, 3.8) is 0 Å². The maximum Gasteiger partial charge on any atom is 0.270 e. The maximum atomic E-state index is 11.7. The molecule has 0 aromatic heterocycles. The third-order valence-corrected chi connectivity index (χ3v) is 3.73. The summed E-state index contributed by atoms with van der Waals surface area (Å²) in [6.07, 6.45) is 0. The van der Waals surface area contributed by atoms with Crippen LogP contribution in [-0.4, -0.2) is 48.3 Å². The molecule has 1 aromatic carbocycles. The second-order valence-corrected chi connectivity index (χ2v) is 4.94. The first-order valence-corrected chi connectivity index (χ1v) is 6.79. The number of benzene rings is 1. The zero-order chi connectivity index (χ0) is 14.7. The first kappa shape index (κ1) is 14.5. The predicted molar refractivity (Wildman–Crippen MR) is 77.4 cm³/mol. The van der Waals surface area contributed by atoms with Crippen molar-refractivity contribution in [2.75, 3.05) is 37.6 Å². The van der Waals surface area contributed by atoms with E-state index in [2.05, 4.69) is 16.7 Å². The van der Waals surface area contributed by atoms with Crippen LogP contribution in [0.25, 0.3) is 0 Å². The molecule has 0 bridgehead atoms. The monoisotopic (exact) mass is 277 g/mol. The Morgan fingerprint density at radius 1 is 1.30 bits per heavy atom. The van der Waals surface area contributed by atoms with Gasteiger partial charge in [0.05, 0.1) is 4.92 Å². The molecule has 6 heteroatoms. The van der Waals surface area contributed by atoms with Crippen molar-refractivity contribution in [1.29, 1.82) is 0 Å². The van der Waals surface area contributed by atoms with Gasteiger partial charge in [-0.2, -0.15) is 0 Å². The number of ketones is 1. The largest absolute Gasteiger partial charge is 0.368 e. The molecular formula is C14H19N3O3. The van der Waals surface area contributed by atoms with Crippen molar-refractivity contribution in [2.45, 2.75) is 13.8 Å². The highest BCUT2D eigenvalue weighted by atomic mass is 16.6. The lowest BCUT2D eigenvalue weighted by Gasteiger charge is -2.36. The van der Waals surface area contributed by atoms with E-state index in [1.165, 1.54) is 19.1 Å². The van der Waals surface area contributed by atoms with Crippen molar-refractivity contribution in [2.24, 2.45) is 0 Å². The van der Waals surface area contributed by atoms with Crippen LogP contribution in [0, 0.1) is 10.1 Å². The van der Waals surface area contributed by atoms with Crippen LogP contribution in [-0.2, 0) is 0 Å².